The average molecular weight is 288 g/mol. The molecule has 2 aromatic carbocycles. The largest absolute Gasteiger partial charge is 0.489 e. The number of anilines is 1. The molecule has 0 radical (unpaired) electrons. The summed E-state index contributed by atoms with van der Waals surface area (Å²) in [5.41, 5.74) is 10.3. The fraction of sp³-hybridized carbons (Fsp3) is 0.294. The van der Waals surface area contributed by atoms with Gasteiger partial charge in [-0.1, -0.05) is 23.7 Å². The number of benzene rings is 2. The first-order valence-corrected chi connectivity index (χ1v) is 7.39. The van der Waals surface area contributed by atoms with Gasteiger partial charge in [0.15, 0.2) is 0 Å². The molecule has 1 aliphatic carbocycles. The second-order valence-corrected chi connectivity index (χ2v) is 5.64. The van der Waals surface area contributed by atoms with Crippen LogP contribution in [0.25, 0.3) is 0 Å². The van der Waals surface area contributed by atoms with Gasteiger partial charge in [0, 0.05) is 16.3 Å². The van der Waals surface area contributed by atoms with Crippen LogP contribution in [0.2, 0.25) is 5.02 Å². The minimum Gasteiger partial charge on any atom is -0.489 e. The lowest BCUT2D eigenvalue weighted by Crippen LogP contribution is -2.04. The number of halogens is 1. The topological polar surface area (TPSA) is 35.2 Å². The summed E-state index contributed by atoms with van der Waals surface area (Å²) in [4.78, 5) is 0. The summed E-state index contributed by atoms with van der Waals surface area (Å²) in [6.45, 7) is 0.407. The van der Waals surface area contributed by atoms with Gasteiger partial charge in [-0.3, -0.25) is 0 Å². The van der Waals surface area contributed by atoms with Gasteiger partial charge in [0.1, 0.15) is 12.4 Å². The summed E-state index contributed by atoms with van der Waals surface area (Å²) in [7, 11) is 0. The van der Waals surface area contributed by atoms with Crippen molar-refractivity contribution < 1.29 is 4.74 Å². The van der Waals surface area contributed by atoms with E-state index in [9.17, 15) is 0 Å². The predicted molar refractivity (Wildman–Crippen MR) is 83.3 cm³/mol. The van der Waals surface area contributed by atoms with E-state index in [1.54, 1.807) is 0 Å². The first kappa shape index (κ1) is 13.3. The summed E-state index contributed by atoms with van der Waals surface area (Å²) in [6.07, 6.45) is 4.91. The maximum Gasteiger partial charge on any atom is 0.120 e. The molecule has 0 saturated heterocycles. The van der Waals surface area contributed by atoms with E-state index in [0.717, 1.165) is 17.7 Å². The lowest BCUT2D eigenvalue weighted by atomic mass is 9.92. The van der Waals surface area contributed by atoms with Crippen LogP contribution in [0.4, 0.5) is 5.69 Å². The Morgan fingerprint density at radius 3 is 2.65 bits per heavy atom. The minimum atomic E-state index is 0.407. The second-order valence-electron chi connectivity index (χ2n) is 5.23. The molecular formula is C17H18ClNO. The molecule has 0 aliphatic heterocycles. The summed E-state index contributed by atoms with van der Waals surface area (Å²) in [5, 5.41) is 0.656. The van der Waals surface area contributed by atoms with Crippen LogP contribution in [-0.4, -0.2) is 0 Å². The number of rotatable bonds is 3. The van der Waals surface area contributed by atoms with Crippen LogP contribution in [0.5, 0.6) is 5.75 Å². The number of hydrogen-bond acceptors (Lipinski definition) is 2. The van der Waals surface area contributed by atoms with Crippen LogP contribution in [0.1, 0.15) is 29.5 Å². The molecule has 2 nitrogen and oxygen atoms in total. The molecule has 104 valence electrons. The monoisotopic (exact) mass is 287 g/mol. The number of nitrogen functional groups attached to an aromatic ring is 1. The van der Waals surface area contributed by atoms with Crippen molar-refractivity contribution in [3.63, 3.8) is 0 Å². The zero-order valence-electron chi connectivity index (χ0n) is 11.4. The molecule has 0 aromatic heterocycles. The molecule has 0 amide bonds. The molecule has 3 rings (SSSR count). The van der Waals surface area contributed by atoms with E-state index in [0.29, 0.717) is 17.3 Å². The quantitative estimate of drug-likeness (QED) is 0.850. The third kappa shape index (κ3) is 2.75. The third-order valence-electron chi connectivity index (χ3n) is 3.86. The molecule has 2 aromatic rings. The summed E-state index contributed by atoms with van der Waals surface area (Å²) in [6, 6.07) is 11.9. The van der Waals surface area contributed by atoms with Gasteiger partial charge in [-0.05, 0) is 61.1 Å². The van der Waals surface area contributed by atoms with Crippen molar-refractivity contribution >= 4 is 17.3 Å². The van der Waals surface area contributed by atoms with E-state index in [4.69, 9.17) is 22.1 Å². The Labute approximate surface area is 124 Å². The molecule has 3 heteroatoms. The fourth-order valence-corrected chi connectivity index (χ4v) is 2.92. The Morgan fingerprint density at radius 1 is 1.05 bits per heavy atom. The number of fused-ring (bicyclic) bond motifs is 1. The van der Waals surface area contributed by atoms with E-state index in [1.165, 1.54) is 30.4 Å². The first-order chi connectivity index (χ1) is 9.74. The summed E-state index contributed by atoms with van der Waals surface area (Å²) < 4.78 is 5.86. The lowest BCUT2D eigenvalue weighted by Gasteiger charge is -2.17. The summed E-state index contributed by atoms with van der Waals surface area (Å²) in [5.74, 6) is 0.893. The van der Waals surface area contributed by atoms with E-state index >= 15 is 0 Å². The van der Waals surface area contributed by atoms with Gasteiger partial charge >= 0.3 is 0 Å². The lowest BCUT2D eigenvalue weighted by molar-refractivity contribution is 0.306. The Bertz CT molecular complexity index is 604. The normalized spacial score (nSPS) is 13.8. The highest BCUT2D eigenvalue weighted by Gasteiger charge is 2.11. The molecule has 0 heterocycles. The molecule has 0 atom stereocenters. The highest BCUT2D eigenvalue weighted by Crippen LogP contribution is 2.27. The fourth-order valence-electron chi connectivity index (χ4n) is 2.68. The SMILES string of the molecule is Nc1cccc(Cl)c1COc1ccc2c(c1)CCCC2. The van der Waals surface area contributed by atoms with Gasteiger partial charge in [-0.2, -0.15) is 0 Å². The van der Waals surface area contributed by atoms with Crippen LogP contribution in [0.3, 0.4) is 0 Å². The van der Waals surface area contributed by atoms with Gasteiger partial charge in [-0.25, -0.2) is 0 Å². The van der Waals surface area contributed by atoms with Crippen molar-refractivity contribution in [1.82, 2.24) is 0 Å². The minimum absolute atomic E-state index is 0.407. The van der Waals surface area contributed by atoms with E-state index in [1.807, 2.05) is 24.3 Å². The highest BCUT2D eigenvalue weighted by atomic mass is 35.5. The van der Waals surface area contributed by atoms with Gasteiger partial charge in [0.05, 0.1) is 0 Å². The molecule has 1 aliphatic rings. The zero-order valence-corrected chi connectivity index (χ0v) is 12.1. The van der Waals surface area contributed by atoms with Crippen LogP contribution >= 0.6 is 11.6 Å². The summed E-state index contributed by atoms with van der Waals surface area (Å²) >= 11 is 6.15. The van der Waals surface area contributed by atoms with E-state index in [2.05, 4.69) is 12.1 Å². The number of aryl methyl sites for hydroxylation is 2. The zero-order chi connectivity index (χ0) is 13.9. The average Bonchev–Trinajstić information content (AvgIpc) is 2.46. The third-order valence-corrected chi connectivity index (χ3v) is 4.21. The van der Waals surface area contributed by atoms with Gasteiger partial charge in [0.2, 0.25) is 0 Å². The maximum absolute atomic E-state index is 6.15. The van der Waals surface area contributed by atoms with Crippen molar-refractivity contribution in [2.75, 3.05) is 5.73 Å². The molecule has 0 unspecified atom stereocenters. The first-order valence-electron chi connectivity index (χ1n) is 7.01. The van der Waals surface area contributed by atoms with Crippen LogP contribution in [0.15, 0.2) is 36.4 Å². The standard InChI is InChI=1S/C17H18ClNO/c18-16-6-3-7-17(19)15(16)11-20-14-9-8-12-4-1-2-5-13(12)10-14/h3,6-10H,1-2,4-5,11,19H2. The Balaban J connectivity index is 1.75. The smallest absolute Gasteiger partial charge is 0.120 e. The van der Waals surface area contributed by atoms with Crippen LogP contribution < -0.4 is 10.5 Å². The van der Waals surface area contributed by atoms with Gasteiger partial charge < -0.3 is 10.5 Å². The molecule has 0 spiro atoms. The number of ether oxygens (including phenoxy) is 1. The van der Waals surface area contributed by atoms with Gasteiger partial charge in [-0.15, -0.1) is 0 Å². The number of hydrogen-bond donors (Lipinski definition) is 1. The Morgan fingerprint density at radius 2 is 1.85 bits per heavy atom. The van der Waals surface area contributed by atoms with E-state index < -0.39 is 0 Å². The maximum atomic E-state index is 6.15. The van der Waals surface area contributed by atoms with Crippen LogP contribution in [0, 0.1) is 0 Å². The number of nitrogens with two attached hydrogens (primary N) is 1. The van der Waals surface area contributed by atoms with Crippen molar-refractivity contribution in [1.29, 1.82) is 0 Å². The molecular weight excluding hydrogens is 270 g/mol. The molecule has 0 fully saturated rings. The molecule has 20 heavy (non-hydrogen) atoms. The van der Waals surface area contributed by atoms with Crippen molar-refractivity contribution in [3.8, 4) is 5.75 Å². The van der Waals surface area contributed by atoms with E-state index in [-0.39, 0.29) is 0 Å². The van der Waals surface area contributed by atoms with Crippen molar-refractivity contribution in [2.24, 2.45) is 0 Å². The predicted octanol–water partition coefficient (Wildman–Crippen LogP) is 4.38. The Kier molecular flexibility index (Phi) is 3.83. The highest BCUT2D eigenvalue weighted by molar-refractivity contribution is 6.31. The Hall–Kier alpha value is -1.67. The molecule has 0 saturated carbocycles. The van der Waals surface area contributed by atoms with Crippen LogP contribution in [-0.2, 0) is 19.4 Å². The second kappa shape index (κ2) is 5.76. The van der Waals surface area contributed by atoms with Crippen molar-refractivity contribution in [3.05, 3.63) is 58.1 Å². The van der Waals surface area contributed by atoms with Gasteiger partial charge in [0.25, 0.3) is 0 Å². The molecule has 0 bridgehead atoms. The molecule has 2 N–H and O–H groups in total. The van der Waals surface area contributed by atoms with Crippen molar-refractivity contribution in [2.45, 2.75) is 32.3 Å².